The highest BCUT2D eigenvalue weighted by atomic mass is 16.4. The molecule has 0 amide bonds. The summed E-state index contributed by atoms with van der Waals surface area (Å²) in [5.41, 5.74) is 1.73. The van der Waals surface area contributed by atoms with Gasteiger partial charge in [-0.1, -0.05) is 13.8 Å². The summed E-state index contributed by atoms with van der Waals surface area (Å²) in [6.07, 6.45) is 4.02. The van der Waals surface area contributed by atoms with Gasteiger partial charge in [0.2, 0.25) is 0 Å². The standard InChI is InChI=1S/C14H17N3O2/c1-8(9(2)14(18)19)12-16-11-4-3-7-15-13(11)17(12)10-5-6-10/h3-4,7-10H,5-6H2,1-2H3,(H,18,19). The van der Waals surface area contributed by atoms with Gasteiger partial charge in [0.05, 0.1) is 5.92 Å². The minimum Gasteiger partial charge on any atom is -0.481 e. The van der Waals surface area contributed by atoms with Gasteiger partial charge in [0, 0.05) is 18.2 Å². The second kappa shape index (κ2) is 4.33. The number of hydrogen-bond acceptors (Lipinski definition) is 3. The molecule has 0 bridgehead atoms. The summed E-state index contributed by atoms with van der Waals surface area (Å²) in [7, 11) is 0. The lowest BCUT2D eigenvalue weighted by molar-refractivity contribution is -0.141. The summed E-state index contributed by atoms with van der Waals surface area (Å²) < 4.78 is 2.14. The minimum atomic E-state index is -0.783. The van der Waals surface area contributed by atoms with E-state index in [1.807, 2.05) is 19.1 Å². The van der Waals surface area contributed by atoms with Crippen molar-refractivity contribution in [3.05, 3.63) is 24.2 Å². The van der Waals surface area contributed by atoms with Crippen molar-refractivity contribution in [1.29, 1.82) is 0 Å². The molecular formula is C14H17N3O2. The van der Waals surface area contributed by atoms with Crippen molar-refractivity contribution in [2.45, 2.75) is 38.6 Å². The Balaban J connectivity index is 2.12. The van der Waals surface area contributed by atoms with Gasteiger partial charge in [-0.2, -0.15) is 0 Å². The molecule has 100 valence electrons. The molecule has 2 heterocycles. The number of nitrogens with zero attached hydrogens (tertiary/aromatic N) is 3. The number of pyridine rings is 1. The summed E-state index contributed by atoms with van der Waals surface area (Å²) in [6, 6.07) is 4.24. The highest BCUT2D eigenvalue weighted by molar-refractivity contribution is 5.73. The van der Waals surface area contributed by atoms with Crippen LogP contribution in [0.25, 0.3) is 11.2 Å². The molecule has 19 heavy (non-hydrogen) atoms. The number of rotatable bonds is 4. The van der Waals surface area contributed by atoms with Gasteiger partial charge < -0.3 is 9.67 Å². The first kappa shape index (κ1) is 12.1. The lowest BCUT2D eigenvalue weighted by atomic mass is 9.95. The van der Waals surface area contributed by atoms with Gasteiger partial charge in [0.25, 0.3) is 0 Å². The largest absolute Gasteiger partial charge is 0.481 e. The van der Waals surface area contributed by atoms with Crippen molar-refractivity contribution in [1.82, 2.24) is 14.5 Å². The molecule has 1 aliphatic rings. The summed E-state index contributed by atoms with van der Waals surface area (Å²) in [6.45, 7) is 3.66. The number of carboxylic acids is 1. The van der Waals surface area contributed by atoms with Crippen molar-refractivity contribution in [2.75, 3.05) is 0 Å². The van der Waals surface area contributed by atoms with Crippen LogP contribution in [0.3, 0.4) is 0 Å². The van der Waals surface area contributed by atoms with Gasteiger partial charge in [-0.25, -0.2) is 9.97 Å². The maximum Gasteiger partial charge on any atom is 0.306 e. The monoisotopic (exact) mass is 259 g/mol. The second-order valence-electron chi connectivity index (χ2n) is 5.33. The van der Waals surface area contributed by atoms with E-state index >= 15 is 0 Å². The average Bonchev–Trinajstić information content (AvgIpc) is 3.16. The molecule has 2 unspecified atom stereocenters. The SMILES string of the molecule is CC(C(=O)O)C(C)c1nc2cccnc2n1C1CC1. The lowest BCUT2D eigenvalue weighted by Crippen LogP contribution is -2.20. The molecule has 0 radical (unpaired) electrons. The van der Waals surface area contributed by atoms with Crippen molar-refractivity contribution in [3.63, 3.8) is 0 Å². The zero-order chi connectivity index (χ0) is 13.6. The van der Waals surface area contributed by atoms with Crippen LogP contribution < -0.4 is 0 Å². The molecule has 1 aliphatic carbocycles. The zero-order valence-electron chi connectivity index (χ0n) is 11.1. The molecule has 0 aromatic carbocycles. The Morgan fingerprint density at radius 1 is 1.47 bits per heavy atom. The molecule has 1 N–H and O–H groups in total. The fourth-order valence-electron chi connectivity index (χ4n) is 2.40. The summed E-state index contributed by atoms with van der Waals surface area (Å²) in [5, 5.41) is 9.18. The predicted octanol–water partition coefficient (Wildman–Crippen LogP) is 2.59. The van der Waals surface area contributed by atoms with E-state index in [9.17, 15) is 9.90 Å². The van der Waals surface area contributed by atoms with Gasteiger partial charge in [-0.05, 0) is 25.0 Å². The molecule has 5 heteroatoms. The molecule has 0 aliphatic heterocycles. The Morgan fingerprint density at radius 2 is 2.21 bits per heavy atom. The number of fused-ring (bicyclic) bond motifs is 1. The van der Waals surface area contributed by atoms with E-state index in [0.29, 0.717) is 6.04 Å². The predicted molar refractivity (Wildman–Crippen MR) is 71.0 cm³/mol. The van der Waals surface area contributed by atoms with E-state index in [1.54, 1.807) is 13.1 Å². The zero-order valence-corrected chi connectivity index (χ0v) is 11.1. The van der Waals surface area contributed by atoms with E-state index in [2.05, 4.69) is 14.5 Å². The van der Waals surface area contributed by atoms with Crippen LogP contribution in [0, 0.1) is 5.92 Å². The van der Waals surface area contributed by atoms with Crippen LogP contribution in [0.2, 0.25) is 0 Å². The second-order valence-corrected chi connectivity index (χ2v) is 5.33. The van der Waals surface area contributed by atoms with E-state index in [4.69, 9.17) is 0 Å². The van der Waals surface area contributed by atoms with Gasteiger partial charge >= 0.3 is 5.97 Å². The summed E-state index contributed by atoms with van der Waals surface area (Å²) in [5.74, 6) is -0.498. The molecule has 1 saturated carbocycles. The van der Waals surface area contributed by atoms with Crippen LogP contribution in [0.5, 0.6) is 0 Å². The molecule has 3 rings (SSSR count). The van der Waals surface area contributed by atoms with Crippen LogP contribution in [-0.4, -0.2) is 25.6 Å². The Bertz CT molecular complexity index is 631. The van der Waals surface area contributed by atoms with Gasteiger partial charge in [0.1, 0.15) is 11.3 Å². The highest BCUT2D eigenvalue weighted by Gasteiger charge is 2.33. The van der Waals surface area contributed by atoms with Gasteiger partial charge in [0.15, 0.2) is 5.65 Å². The third kappa shape index (κ3) is 1.99. The molecule has 2 aromatic rings. The number of carboxylic acid groups (broad SMARTS) is 1. The fraction of sp³-hybridized carbons (Fsp3) is 0.500. The first-order valence-electron chi connectivity index (χ1n) is 6.65. The minimum absolute atomic E-state index is 0.118. The maximum atomic E-state index is 11.2. The quantitative estimate of drug-likeness (QED) is 0.916. The van der Waals surface area contributed by atoms with Gasteiger partial charge in [-0.15, -0.1) is 0 Å². The highest BCUT2D eigenvalue weighted by Crippen LogP contribution is 2.40. The molecule has 5 nitrogen and oxygen atoms in total. The van der Waals surface area contributed by atoms with E-state index in [1.165, 1.54) is 0 Å². The number of aromatic nitrogens is 3. The maximum absolute atomic E-state index is 11.2. The van der Waals surface area contributed by atoms with Gasteiger partial charge in [-0.3, -0.25) is 4.79 Å². The van der Waals surface area contributed by atoms with Crippen molar-refractivity contribution < 1.29 is 9.90 Å². The smallest absolute Gasteiger partial charge is 0.306 e. The first-order chi connectivity index (χ1) is 9.09. The van der Waals surface area contributed by atoms with E-state index < -0.39 is 11.9 Å². The Kier molecular flexibility index (Phi) is 2.77. The number of imidazole rings is 1. The molecule has 1 fully saturated rings. The number of carbonyl (C=O) groups is 1. The normalized spacial score (nSPS) is 18.4. The summed E-state index contributed by atoms with van der Waals surface area (Å²) in [4.78, 5) is 20.2. The number of hydrogen-bond donors (Lipinski definition) is 1. The van der Waals surface area contributed by atoms with Crippen molar-refractivity contribution in [2.24, 2.45) is 5.92 Å². The first-order valence-corrected chi connectivity index (χ1v) is 6.65. The Morgan fingerprint density at radius 3 is 2.84 bits per heavy atom. The molecule has 2 aromatic heterocycles. The third-order valence-corrected chi connectivity index (χ3v) is 3.93. The van der Waals surface area contributed by atoms with E-state index in [0.717, 1.165) is 29.8 Å². The van der Waals surface area contributed by atoms with Crippen molar-refractivity contribution in [3.8, 4) is 0 Å². The Hall–Kier alpha value is -1.91. The molecular weight excluding hydrogens is 242 g/mol. The van der Waals surface area contributed by atoms with Crippen molar-refractivity contribution >= 4 is 17.1 Å². The molecule has 0 saturated heterocycles. The van der Waals surface area contributed by atoms with Crippen LogP contribution >= 0.6 is 0 Å². The van der Waals surface area contributed by atoms with Crippen LogP contribution in [-0.2, 0) is 4.79 Å². The average molecular weight is 259 g/mol. The van der Waals surface area contributed by atoms with Crippen LogP contribution in [0.4, 0.5) is 0 Å². The molecule has 2 atom stereocenters. The van der Waals surface area contributed by atoms with E-state index in [-0.39, 0.29) is 5.92 Å². The number of aliphatic carboxylic acids is 1. The fourth-order valence-corrected chi connectivity index (χ4v) is 2.40. The summed E-state index contributed by atoms with van der Waals surface area (Å²) >= 11 is 0. The lowest BCUT2D eigenvalue weighted by Gasteiger charge is -2.17. The van der Waals surface area contributed by atoms with Crippen LogP contribution in [0.1, 0.15) is 44.5 Å². The molecule has 0 spiro atoms. The van der Waals surface area contributed by atoms with Crippen LogP contribution in [0.15, 0.2) is 18.3 Å². The topological polar surface area (TPSA) is 68.0 Å². The Labute approximate surface area is 111 Å². The third-order valence-electron chi connectivity index (χ3n) is 3.93.